The lowest BCUT2D eigenvalue weighted by atomic mass is 9.92. The zero-order chi connectivity index (χ0) is 33.2. The molecular weight excluding hydrogens is 629 g/mol. The van der Waals surface area contributed by atoms with Crippen molar-refractivity contribution in [3.63, 3.8) is 0 Å². The molecule has 1 aromatic heterocycles. The fourth-order valence-corrected chi connectivity index (χ4v) is 5.63. The topological polar surface area (TPSA) is 122 Å². The Morgan fingerprint density at radius 2 is 1.30 bits per heavy atom. The number of likely N-dealkylation sites (N-methyl/N-ethyl adjacent to an activating group) is 1. The van der Waals surface area contributed by atoms with Gasteiger partial charge >= 0.3 is 36.4 Å². The Balaban J connectivity index is 0.000000363. The molecule has 19 heteroatoms. The van der Waals surface area contributed by atoms with Crippen molar-refractivity contribution in [1.82, 2.24) is 14.7 Å². The van der Waals surface area contributed by atoms with E-state index >= 15 is 0 Å². The van der Waals surface area contributed by atoms with Crippen molar-refractivity contribution in [2.75, 3.05) is 39.8 Å². The van der Waals surface area contributed by atoms with Gasteiger partial charge in [0.1, 0.15) is 0 Å². The van der Waals surface area contributed by atoms with Crippen LogP contribution in [0.1, 0.15) is 30.6 Å². The number of carboxylic acid groups (broad SMARTS) is 3. The van der Waals surface area contributed by atoms with E-state index in [0.29, 0.717) is 0 Å². The summed E-state index contributed by atoms with van der Waals surface area (Å²) in [6.45, 7) is 7.74. The van der Waals surface area contributed by atoms with Crippen LogP contribution >= 0.6 is 11.3 Å². The summed E-state index contributed by atoms with van der Waals surface area (Å²) in [6.07, 6.45) is -9.64. The van der Waals surface area contributed by atoms with E-state index in [-0.39, 0.29) is 0 Å². The molecule has 0 amide bonds. The van der Waals surface area contributed by atoms with E-state index in [4.69, 9.17) is 29.7 Å². The minimum absolute atomic E-state index is 0.801. The highest BCUT2D eigenvalue weighted by Crippen LogP contribution is 2.35. The van der Waals surface area contributed by atoms with Gasteiger partial charge in [-0.2, -0.15) is 39.5 Å². The lowest BCUT2D eigenvalue weighted by molar-refractivity contribution is -0.193. The quantitative estimate of drug-likeness (QED) is 0.397. The van der Waals surface area contributed by atoms with E-state index in [0.717, 1.165) is 18.0 Å². The Labute approximate surface area is 244 Å². The van der Waals surface area contributed by atoms with Gasteiger partial charge in [-0.3, -0.25) is 9.80 Å². The molecule has 0 bridgehead atoms. The molecule has 4 heterocycles. The van der Waals surface area contributed by atoms with Gasteiger partial charge in [-0.25, -0.2) is 14.4 Å². The molecule has 0 spiro atoms. The Bertz CT molecular complexity index is 959. The van der Waals surface area contributed by atoms with E-state index in [1.54, 1.807) is 0 Å². The second-order valence-corrected chi connectivity index (χ2v) is 10.9. The van der Waals surface area contributed by atoms with Crippen molar-refractivity contribution in [1.29, 1.82) is 0 Å². The Kier molecular flexibility index (Phi) is 14.7. The van der Waals surface area contributed by atoms with Crippen molar-refractivity contribution in [3.8, 4) is 0 Å². The van der Waals surface area contributed by atoms with Gasteiger partial charge < -0.3 is 20.2 Å². The molecule has 0 aromatic carbocycles. The second-order valence-electron chi connectivity index (χ2n) is 9.90. The van der Waals surface area contributed by atoms with Gasteiger partial charge in [0, 0.05) is 43.1 Å². The van der Waals surface area contributed by atoms with Crippen LogP contribution in [0.15, 0.2) is 17.5 Å². The highest BCUT2D eigenvalue weighted by Gasteiger charge is 2.42. The monoisotopic (exact) mass is 661 g/mol. The molecule has 43 heavy (non-hydrogen) atoms. The zero-order valence-electron chi connectivity index (χ0n) is 22.8. The lowest BCUT2D eigenvalue weighted by Crippen LogP contribution is -2.46. The molecule has 4 rings (SSSR count). The number of likely N-dealkylation sites (tertiary alicyclic amines) is 3. The molecule has 3 aliphatic rings. The minimum Gasteiger partial charge on any atom is -0.475 e. The number of hydrogen-bond donors (Lipinski definition) is 3. The second kappa shape index (κ2) is 16.4. The summed E-state index contributed by atoms with van der Waals surface area (Å²) in [7, 11) is 2.39. The molecule has 3 aliphatic heterocycles. The number of fused-ring (bicyclic) bond motifs is 1. The Morgan fingerprint density at radius 1 is 0.837 bits per heavy atom. The maximum absolute atomic E-state index is 10.6. The zero-order valence-corrected chi connectivity index (χ0v) is 23.6. The number of aliphatic carboxylic acids is 3. The molecule has 0 saturated carbocycles. The molecule has 9 nitrogen and oxygen atoms in total. The Morgan fingerprint density at radius 3 is 1.70 bits per heavy atom. The third kappa shape index (κ3) is 14.1. The maximum Gasteiger partial charge on any atom is 0.490 e. The summed E-state index contributed by atoms with van der Waals surface area (Å²) >= 11 is 1.91. The summed E-state index contributed by atoms with van der Waals surface area (Å²) in [6, 6.07) is 6.11. The van der Waals surface area contributed by atoms with Crippen LogP contribution < -0.4 is 0 Å². The van der Waals surface area contributed by atoms with Gasteiger partial charge in [0.15, 0.2) is 0 Å². The third-order valence-corrected chi connectivity index (χ3v) is 7.67. The van der Waals surface area contributed by atoms with Crippen LogP contribution in [-0.2, 0) is 20.9 Å². The molecule has 0 aliphatic carbocycles. The number of thiophene rings is 1. The molecule has 3 N–H and O–H groups in total. The molecular formula is C24H32F9N3O6S. The minimum atomic E-state index is -5.08. The van der Waals surface area contributed by atoms with E-state index < -0.39 is 36.4 Å². The first-order valence-electron chi connectivity index (χ1n) is 12.7. The number of halogens is 9. The van der Waals surface area contributed by atoms with E-state index in [9.17, 15) is 39.5 Å². The SMILES string of the molecule is CN1[C@H](CN2CCCC2)C[C@@H]2CN(Cc3cccs3)CC[C@@H]21.O=C(O)C(F)(F)F.O=C(O)C(F)(F)F.O=C(O)C(F)(F)F. The van der Waals surface area contributed by atoms with Gasteiger partial charge in [-0.15, -0.1) is 11.3 Å². The van der Waals surface area contributed by atoms with Crippen molar-refractivity contribution < 1.29 is 69.2 Å². The summed E-state index contributed by atoms with van der Waals surface area (Å²) in [4.78, 5) is 36.3. The maximum atomic E-state index is 10.6. The molecule has 0 radical (unpaired) electrons. The van der Waals surface area contributed by atoms with Crippen LogP contribution in [0, 0.1) is 5.92 Å². The van der Waals surface area contributed by atoms with Gasteiger partial charge in [0.05, 0.1) is 0 Å². The van der Waals surface area contributed by atoms with Crippen LogP contribution in [0.4, 0.5) is 39.5 Å². The molecule has 3 atom stereocenters. The number of nitrogens with zero attached hydrogens (tertiary/aromatic N) is 3. The van der Waals surface area contributed by atoms with Gasteiger partial charge in [0.2, 0.25) is 0 Å². The Hall–Kier alpha value is -2.64. The first-order valence-corrected chi connectivity index (χ1v) is 13.6. The smallest absolute Gasteiger partial charge is 0.475 e. The first-order chi connectivity index (χ1) is 19.6. The van der Waals surface area contributed by atoms with Crippen LogP contribution in [-0.4, -0.2) is 118 Å². The van der Waals surface area contributed by atoms with Crippen LogP contribution in [0.5, 0.6) is 0 Å². The predicted molar refractivity (Wildman–Crippen MR) is 134 cm³/mol. The van der Waals surface area contributed by atoms with Crippen molar-refractivity contribution >= 4 is 29.2 Å². The molecule has 3 fully saturated rings. The average molecular weight is 662 g/mol. The summed E-state index contributed by atoms with van der Waals surface area (Å²) in [5.41, 5.74) is 0. The van der Waals surface area contributed by atoms with Crippen LogP contribution in [0.3, 0.4) is 0 Å². The number of rotatable bonds is 4. The molecule has 3 saturated heterocycles. The predicted octanol–water partition coefficient (Wildman–Crippen LogP) is 4.64. The van der Waals surface area contributed by atoms with Gasteiger partial charge in [-0.05, 0) is 63.2 Å². The number of alkyl halides is 9. The van der Waals surface area contributed by atoms with Crippen LogP contribution in [0.25, 0.3) is 0 Å². The number of carboxylic acids is 3. The standard InChI is InChI=1S/C18H29N3S.3C2HF3O2/c1-19-16(13-20-7-2-3-8-20)11-15-12-21(9-6-18(15)19)14-17-5-4-10-22-17;3*3-2(4,5)1(6)7/h4-5,10,15-16,18H,2-3,6-9,11-14H2,1H3;3*(H,6,7)/t15-,16+,18+;;;/m1.../s1. The van der Waals surface area contributed by atoms with Gasteiger partial charge in [-0.1, -0.05) is 6.07 Å². The largest absolute Gasteiger partial charge is 0.490 e. The fraction of sp³-hybridized carbons (Fsp3) is 0.708. The summed E-state index contributed by atoms with van der Waals surface area (Å²) in [5.74, 6) is -7.38. The number of piperidine rings is 1. The molecule has 248 valence electrons. The van der Waals surface area contributed by atoms with E-state index in [1.165, 1.54) is 69.8 Å². The van der Waals surface area contributed by atoms with Crippen LogP contribution in [0.2, 0.25) is 0 Å². The van der Waals surface area contributed by atoms with Crippen molar-refractivity contribution in [2.24, 2.45) is 5.92 Å². The van der Waals surface area contributed by atoms with E-state index in [1.807, 2.05) is 11.3 Å². The fourth-order valence-electron chi connectivity index (χ4n) is 4.88. The van der Waals surface area contributed by atoms with E-state index in [2.05, 4.69) is 39.3 Å². The molecule has 1 aromatic rings. The molecule has 0 unspecified atom stereocenters. The number of carbonyl (C=O) groups is 3. The van der Waals surface area contributed by atoms with Crippen molar-refractivity contribution in [2.45, 2.75) is 62.8 Å². The highest BCUT2D eigenvalue weighted by molar-refractivity contribution is 7.09. The normalized spacial score (nSPS) is 23.1. The lowest BCUT2D eigenvalue weighted by Gasteiger charge is -2.37. The highest BCUT2D eigenvalue weighted by atomic mass is 32.1. The summed E-state index contributed by atoms with van der Waals surface area (Å²) < 4.78 is 95.2. The number of hydrogen-bond acceptors (Lipinski definition) is 7. The third-order valence-electron chi connectivity index (χ3n) is 6.81. The average Bonchev–Trinajstić information content (AvgIpc) is 3.62. The van der Waals surface area contributed by atoms with Crippen molar-refractivity contribution in [3.05, 3.63) is 22.4 Å². The summed E-state index contributed by atoms with van der Waals surface area (Å²) in [5, 5.41) is 23.6. The first kappa shape index (κ1) is 38.4. The van der Waals surface area contributed by atoms with Gasteiger partial charge in [0.25, 0.3) is 0 Å².